The van der Waals surface area contributed by atoms with Crippen LogP contribution in [0.2, 0.25) is 10.0 Å². The van der Waals surface area contributed by atoms with Crippen LogP contribution < -0.4 is 0 Å². The first-order chi connectivity index (χ1) is 10.6. The molecule has 0 spiro atoms. The quantitative estimate of drug-likeness (QED) is 0.819. The van der Waals surface area contributed by atoms with Gasteiger partial charge in [0.2, 0.25) is 0 Å². The van der Waals surface area contributed by atoms with E-state index >= 15 is 0 Å². The fourth-order valence-electron chi connectivity index (χ4n) is 2.53. The number of hydrogen-bond acceptors (Lipinski definition) is 4. The summed E-state index contributed by atoms with van der Waals surface area (Å²) in [5.74, 6) is -0.118. The molecule has 0 radical (unpaired) electrons. The maximum Gasteiger partial charge on any atom is 0.0952 e. The first-order valence-corrected chi connectivity index (χ1v) is 7.95. The number of morpholine rings is 1. The highest BCUT2D eigenvalue weighted by atomic mass is 35.5. The Balaban J connectivity index is 1.98. The molecule has 1 fully saturated rings. The smallest absolute Gasteiger partial charge is 0.0952 e. The molecule has 0 unspecified atom stereocenters. The highest BCUT2D eigenvalue weighted by molar-refractivity contribution is 6.42. The number of rotatable bonds is 5. The summed E-state index contributed by atoms with van der Waals surface area (Å²) in [6.45, 7) is 2.78. The molecule has 1 aliphatic heterocycles. The van der Waals surface area contributed by atoms with E-state index < -0.39 is 0 Å². The van der Waals surface area contributed by atoms with Gasteiger partial charge >= 0.3 is 0 Å². The predicted molar refractivity (Wildman–Crippen MR) is 85.5 cm³/mol. The molecule has 4 nitrogen and oxygen atoms in total. The monoisotopic (exact) mass is 337 g/mol. The fourth-order valence-corrected chi connectivity index (χ4v) is 2.84. The molecule has 1 heterocycles. The Bertz CT molecular complexity index is 594. The lowest BCUT2D eigenvalue weighted by Gasteiger charge is -2.34. The lowest BCUT2D eigenvalue weighted by Crippen LogP contribution is -2.40. The summed E-state index contributed by atoms with van der Waals surface area (Å²) in [5, 5.41) is 18.9. The zero-order valence-electron chi connectivity index (χ0n) is 12.1. The Labute approximate surface area is 140 Å². The van der Waals surface area contributed by atoms with E-state index in [4.69, 9.17) is 33.2 Å². The third kappa shape index (κ3) is 4.60. The van der Waals surface area contributed by atoms with Crippen LogP contribution in [0, 0.1) is 28.6 Å². The number of benzene rings is 1. The van der Waals surface area contributed by atoms with Crippen molar-refractivity contribution in [3.05, 3.63) is 33.8 Å². The van der Waals surface area contributed by atoms with Crippen LogP contribution in [-0.2, 0) is 4.74 Å². The van der Waals surface area contributed by atoms with E-state index in [1.165, 1.54) is 0 Å². The van der Waals surface area contributed by atoms with Crippen molar-refractivity contribution in [1.82, 2.24) is 4.90 Å². The zero-order valence-corrected chi connectivity index (χ0v) is 13.6. The maximum atomic E-state index is 9.18. The second-order valence-corrected chi connectivity index (χ2v) is 6.13. The summed E-state index contributed by atoms with van der Waals surface area (Å²) < 4.78 is 5.81. The molecule has 2 rings (SSSR count). The van der Waals surface area contributed by atoms with Crippen LogP contribution in [0.15, 0.2) is 18.2 Å². The van der Waals surface area contributed by atoms with Gasteiger partial charge in [-0.05, 0) is 24.1 Å². The number of halogens is 2. The molecule has 22 heavy (non-hydrogen) atoms. The molecule has 1 saturated heterocycles. The van der Waals surface area contributed by atoms with Crippen LogP contribution in [0.1, 0.15) is 24.5 Å². The summed E-state index contributed by atoms with van der Waals surface area (Å²) in [6, 6.07) is 9.89. The fraction of sp³-hybridized carbons (Fsp3) is 0.500. The van der Waals surface area contributed by atoms with Gasteiger partial charge in [-0.1, -0.05) is 29.3 Å². The SMILES string of the molecule is N#CCC[C@H](C#N)CN1CCO[C@@H](c2ccc(Cl)c(Cl)c2)C1. The Hall–Kier alpha value is -1.30. The molecule has 0 aromatic heterocycles. The van der Waals surface area contributed by atoms with Gasteiger partial charge in [-0.25, -0.2) is 0 Å². The summed E-state index contributed by atoms with van der Waals surface area (Å²) in [6.07, 6.45) is 0.958. The van der Waals surface area contributed by atoms with Crippen molar-refractivity contribution < 1.29 is 4.74 Å². The molecule has 0 saturated carbocycles. The Morgan fingerprint density at radius 2 is 2.14 bits per heavy atom. The molecule has 6 heteroatoms. The van der Waals surface area contributed by atoms with E-state index in [1.54, 1.807) is 6.07 Å². The van der Waals surface area contributed by atoms with Crippen LogP contribution in [0.3, 0.4) is 0 Å². The molecule has 0 amide bonds. The topological polar surface area (TPSA) is 60.0 Å². The van der Waals surface area contributed by atoms with Gasteiger partial charge < -0.3 is 4.74 Å². The standard InChI is InChI=1S/C16H17Cl2N3O/c17-14-4-3-13(8-15(14)18)16-11-21(6-7-22-16)10-12(9-20)2-1-5-19/h3-4,8,12,16H,1-2,6-7,10-11H2/t12-,16-/m1/s1. The molecular formula is C16H17Cl2N3O. The minimum absolute atomic E-state index is 0.0705. The van der Waals surface area contributed by atoms with Gasteiger partial charge in [-0.15, -0.1) is 0 Å². The second kappa shape index (κ2) is 8.36. The highest BCUT2D eigenvalue weighted by Crippen LogP contribution is 2.29. The number of ether oxygens (including phenoxy) is 1. The number of nitrogens with zero attached hydrogens (tertiary/aromatic N) is 3. The van der Waals surface area contributed by atoms with E-state index in [9.17, 15) is 5.26 Å². The second-order valence-electron chi connectivity index (χ2n) is 5.32. The predicted octanol–water partition coefficient (Wildman–Crippen LogP) is 3.81. The van der Waals surface area contributed by atoms with Gasteiger partial charge in [0, 0.05) is 26.1 Å². The van der Waals surface area contributed by atoms with E-state index in [0.717, 1.165) is 12.1 Å². The lowest BCUT2D eigenvalue weighted by molar-refractivity contribution is -0.0328. The van der Waals surface area contributed by atoms with Gasteiger partial charge in [0.1, 0.15) is 0 Å². The van der Waals surface area contributed by atoms with E-state index in [-0.39, 0.29) is 12.0 Å². The van der Waals surface area contributed by atoms with E-state index in [0.29, 0.717) is 42.6 Å². The number of nitriles is 2. The van der Waals surface area contributed by atoms with Crippen molar-refractivity contribution in [3.8, 4) is 12.1 Å². The van der Waals surface area contributed by atoms with Gasteiger partial charge in [0.05, 0.1) is 40.8 Å². The van der Waals surface area contributed by atoms with Crippen molar-refractivity contribution in [2.75, 3.05) is 26.2 Å². The third-order valence-electron chi connectivity index (χ3n) is 3.73. The van der Waals surface area contributed by atoms with E-state index in [2.05, 4.69) is 17.0 Å². The molecule has 1 aliphatic rings. The van der Waals surface area contributed by atoms with Crippen LogP contribution >= 0.6 is 23.2 Å². The molecular weight excluding hydrogens is 321 g/mol. The van der Waals surface area contributed by atoms with Crippen LogP contribution in [0.5, 0.6) is 0 Å². The minimum atomic E-state index is -0.118. The van der Waals surface area contributed by atoms with Crippen LogP contribution in [0.25, 0.3) is 0 Å². The highest BCUT2D eigenvalue weighted by Gasteiger charge is 2.24. The zero-order chi connectivity index (χ0) is 15.9. The van der Waals surface area contributed by atoms with Gasteiger partial charge in [-0.2, -0.15) is 10.5 Å². The van der Waals surface area contributed by atoms with Gasteiger partial charge in [0.25, 0.3) is 0 Å². The van der Waals surface area contributed by atoms with Crippen LogP contribution in [0.4, 0.5) is 0 Å². The van der Waals surface area contributed by atoms with Crippen molar-refractivity contribution in [2.24, 2.45) is 5.92 Å². The molecule has 1 aromatic carbocycles. The maximum absolute atomic E-state index is 9.18. The number of hydrogen-bond donors (Lipinski definition) is 0. The summed E-state index contributed by atoms with van der Waals surface area (Å²) in [4.78, 5) is 2.21. The molecule has 116 valence electrons. The molecule has 1 aromatic rings. The first-order valence-electron chi connectivity index (χ1n) is 7.19. The van der Waals surface area contributed by atoms with Crippen molar-refractivity contribution in [3.63, 3.8) is 0 Å². The van der Waals surface area contributed by atoms with Crippen molar-refractivity contribution in [1.29, 1.82) is 10.5 Å². The molecule has 0 N–H and O–H groups in total. The lowest BCUT2D eigenvalue weighted by atomic mass is 10.0. The molecule has 0 bridgehead atoms. The average molecular weight is 338 g/mol. The third-order valence-corrected chi connectivity index (χ3v) is 4.47. The minimum Gasteiger partial charge on any atom is -0.371 e. The van der Waals surface area contributed by atoms with Crippen molar-refractivity contribution >= 4 is 23.2 Å². The Kier molecular flexibility index (Phi) is 6.49. The van der Waals surface area contributed by atoms with Crippen LogP contribution in [-0.4, -0.2) is 31.1 Å². The molecule has 0 aliphatic carbocycles. The summed E-state index contributed by atoms with van der Waals surface area (Å²) >= 11 is 12.0. The summed E-state index contributed by atoms with van der Waals surface area (Å²) in [5.41, 5.74) is 0.990. The summed E-state index contributed by atoms with van der Waals surface area (Å²) in [7, 11) is 0. The van der Waals surface area contributed by atoms with Crippen molar-refractivity contribution in [2.45, 2.75) is 18.9 Å². The van der Waals surface area contributed by atoms with Gasteiger partial charge in [-0.3, -0.25) is 4.90 Å². The average Bonchev–Trinajstić information content (AvgIpc) is 2.54. The first kappa shape index (κ1) is 17.1. The largest absolute Gasteiger partial charge is 0.371 e. The Morgan fingerprint density at radius 1 is 1.32 bits per heavy atom. The van der Waals surface area contributed by atoms with Gasteiger partial charge in [0.15, 0.2) is 0 Å². The molecule has 2 atom stereocenters. The van der Waals surface area contributed by atoms with E-state index in [1.807, 2.05) is 12.1 Å². The Morgan fingerprint density at radius 3 is 2.82 bits per heavy atom. The normalized spacial score (nSPS) is 20.1.